The van der Waals surface area contributed by atoms with Gasteiger partial charge in [0.25, 0.3) is 5.91 Å². The van der Waals surface area contributed by atoms with Gasteiger partial charge in [-0.1, -0.05) is 37.6 Å². The highest BCUT2D eigenvalue weighted by Crippen LogP contribution is 2.21. The average molecular weight is 397 g/mol. The van der Waals surface area contributed by atoms with Crippen molar-refractivity contribution >= 4 is 11.7 Å². The topological polar surface area (TPSA) is 89.6 Å². The largest absolute Gasteiger partial charge is 0.493 e. The minimum atomic E-state index is -0.326. The fourth-order valence-electron chi connectivity index (χ4n) is 2.62. The molecule has 0 fully saturated rings. The van der Waals surface area contributed by atoms with Crippen LogP contribution in [0.5, 0.6) is 5.75 Å². The number of amides is 1. The number of nitrogens with one attached hydrogen (secondary N) is 1. The fraction of sp³-hybridized carbons (Fsp3) is 0.348. The molecule has 0 aliphatic rings. The van der Waals surface area contributed by atoms with E-state index in [-0.39, 0.29) is 19.6 Å². The summed E-state index contributed by atoms with van der Waals surface area (Å²) in [7, 11) is 0. The summed E-state index contributed by atoms with van der Waals surface area (Å²) in [4.78, 5) is 20.1. The average Bonchev–Trinajstić information content (AvgIpc) is 2.66. The smallest absolute Gasteiger partial charge is 0.253 e. The number of carbonyl (C=O) groups is 1. The number of benzene rings is 1. The number of pyridine rings is 1. The van der Waals surface area contributed by atoms with E-state index in [0.29, 0.717) is 24.8 Å². The molecule has 0 bridgehead atoms. The first-order chi connectivity index (χ1) is 13.8. The van der Waals surface area contributed by atoms with Crippen molar-refractivity contribution in [3.63, 3.8) is 0 Å². The lowest BCUT2D eigenvalue weighted by Gasteiger charge is -2.15. The Morgan fingerprint density at radius 1 is 1.34 bits per heavy atom. The molecule has 0 aliphatic carbocycles. The molecule has 0 radical (unpaired) electrons. The van der Waals surface area contributed by atoms with Gasteiger partial charge in [-0.3, -0.25) is 9.78 Å². The Morgan fingerprint density at radius 2 is 2.14 bits per heavy atom. The molecule has 1 amide bonds. The van der Waals surface area contributed by atoms with Gasteiger partial charge in [0.1, 0.15) is 11.6 Å². The molecule has 0 spiro atoms. The molecular weight excluding hydrogens is 364 g/mol. The molecular formula is C23H32N4O2. The van der Waals surface area contributed by atoms with Crippen molar-refractivity contribution in [3.05, 3.63) is 71.2 Å². The molecule has 2 rings (SSSR count). The van der Waals surface area contributed by atoms with Gasteiger partial charge < -0.3 is 15.8 Å². The highest BCUT2D eigenvalue weighted by atomic mass is 16.5. The van der Waals surface area contributed by atoms with Gasteiger partial charge in [-0.15, -0.1) is 0 Å². The number of hydrogen-bond acceptors (Lipinski definition) is 4. The van der Waals surface area contributed by atoms with Gasteiger partial charge in [-0.2, -0.15) is 4.99 Å². The Morgan fingerprint density at radius 3 is 2.83 bits per heavy atom. The van der Waals surface area contributed by atoms with Crippen LogP contribution in [0.25, 0.3) is 0 Å². The maximum Gasteiger partial charge on any atom is 0.253 e. The van der Waals surface area contributed by atoms with E-state index in [1.54, 1.807) is 24.4 Å². The number of ether oxygens (including phenoxy) is 1. The Kier molecular flexibility index (Phi) is 8.40. The molecule has 1 aromatic heterocycles. The number of amidine groups is 1. The molecule has 1 aromatic carbocycles. The van der Waals surface area contributed by atoms with Gasteiger partial charge in [-0.25, -0.2) is 0 Å². The fourth-order valence-corrected chi connectivity index (χ4v) is 2.62. The SMILES string of the molecule is C/C(=C/C(N)=NC(=O)Cc1ccccn1)NCc1cc(C)ccc1OCC(C)C.[HH]. The predicted molar refractivity (Wildman–Crippen MR) is 119 cm³/mol. The molecule has 0 saturated carbocycles. The van der Waals surface area contributed by atoms with Crippen LogP contribution in [0.2, 0.25) is 0 Å². The van der Waals surface area contributed by atoms with Crippen LogP contribution in [-0.2, 0) is 17.8 Å². The van der Waals surface area contributed by atoms with Crippen molar-refractivity contribution < 1.29 is 11.0 Å². The third-order valence-electron chi connectivity index (χ3n) is 4.02. The van der Waals surface area contributed by atoms with Crippen LogP contribution >= 0.6 is 0 Å². The van der Waals surface area contributed by atoms with Crippen molar-refractivity contribution in [2.45, 2.75) is 40.7 Å². The number of hydrogen-bond donors (Lipinski definition) is 2. The molecule has 0 saturated heterocycles. The van der Waals surface area contributed by atoms with E-state index in [1.807, 2.05) is 25.1 Å². The molecule has 29 heavy (non-hydrogen) atoms. The monoisotopic (exact) mass is 396 g/mol. The zero-order chi connectivity index (χ0) is 21.2. The van der Waals surface area contributed by atoms with Crippen molar-refractivity contribution in [2.75, 3.05) is 6.61 Å². The summed E-state index contributed by atoms with van der Waals surface area (Å²) in [5, 5.41) is 3.30. The van der Waals surface area contributed by atoms with Crippen molar-refractivity contribution in [1.82, 2.24) is 10.3 Å². The second kappa shape index (κ2) is 11.0. The lowest BCUT2D eigenvalue weighted by atomic mass is 10.1. The normalized spacial score (nSPS) is 12.2. The molecule has 156 valence electrons. The van der Waals surface area contributed by atoms with Crippen LogP contribution in [0, 0.1) is 12.8 Å². The molecule has 0 aliphatic heterocycles. The summed E-state index contributed by atoms with van der Waals surface area (Å²) in [6.45, 7) is 9.44. The summed E-state index contributed by atoms with van der Waals surface area (Å²) in [6.07, 6.45) is 3.43. The third-order valence-corrected chi connectivity index (χ3v) is 4.02. The van der Waals surface area contributed by atoms with Crippen LogP contribution in [0.3, 0.4) is 0 Å². The van der Waals surface area contributed by atoms with E-state index in [2.05, 4.69) is 42.1 Å². The van der Waals surface area contributed by atoms with E-state index < -0.39 is 0 Å². The maximum atomic E-state index is 12.0. The minimum Gasteiger partial charge on any atom is -0.493 e. The number of aliphatic imine (C=N–C) groups is 1. The summed E-state index contributed by atoms with van der Waals surface area (Å²) < 4.78 is 5.92. The van der Waals surface area contributed by atoms with E-state index in [4.69, 9.17) is 10.5 Å². The Hall–Kier alpha value is -3.15. The van der Waals surface area contributed by atoms with E-state index in [1.165, 1.54) is 5.56 Å². The van der Waals surface area contributed by atoms with Gasteiger partial charge in [-0.05, 0) is 44.0 Å². The molecule has 6 nitrogen and oxygen atoms in total. The molecule has 3 N–H and O–H groups in total. The summed E-state index contributed by atoms with van der Waals surface area (Å²) in [5.74, 6) is 1.17. The molecule has 0 unspecified atom stereocenters. The van der Waals surface area contributed by atoms with Crippen LogP contribution < -0.4 is 15.8 Å². The number of nitrogens with zero attached hydrogens (tertiary/aromatic N) is 2. The van der Waals surface area contributed by atoms with Gasteiger partial charge in [0.05, 0.1) is 13.0 Å². The Labute approximate surface area is 174 Å². The highest BCUT2D eigenvalue weighted by molar-refractivity contribution is 6.00. The van der Waals surface area contributed by atoms with E-state index in [0.717, 1.165) is 17.0 Å². The molecule has 1 heterocycles. The second-order valence-corrected chi connectivity index (χ2v) is 7.43. The zero-order valence-corrected chi connectivity index (χ0v) is 17.6. The van der Waals surface area contributed by atoms with Crippen LogP contribution in [0.4, 0.5) is 0 Å². The number of carbonyl (C=O) groups excluding carboxylic acids is 1. The lowest BCUT2D eigenvalue weighted by Crippen LogP contribution is -2.18. The van der Waals surface area contributed by atoms with Crippen LogP contribution in [-0.4, -0.2) is 23.3 Å². The van der Waals surface area contributed by atoms with Gasteiger partial charge in [0, 0.05) is 31.1 Å². The van der Waals surface area contributed by atoms with E-state index in [9.17, 15) is 4.79 Å². The number of rotatable bonds is 9. The molecule has 0 atom stereocenters. The third kappa shape index (κ3) is 8.17. The van der Waals surface area contributed by atoms with Crippen LogP contribution in [0.15, 0.2) is 59.4 Å². The van der Waals surface area contributed by atoms with E-state index >= 15 is 0 Å². The zero-order valence-electron chi connectivity index (χ0n) is 17.6. The quantitative estimate of drug-likeness (QED) is 0.497. The minimum absolute atomic E-state index is 0. The van der Waals surface area contributed by atoms with Crippen LogP contribution in [0.1, 0.15) is 39.0 Å². The summed E-state index contributed by atoms with van der Waals surface area (Å²) in [6, 6.07) is 11.6. The number of nitrogens with two attached hydrogens (primary N) is 1. The lowest BCUT2D eigenvalue weighted by molar-refractivity contribution is -0.117. The van der Waals surface area contributed by atoms with Gasteiger partial charge >= 0.3 is 0 Å². The first kappa shape index (κ1) is 22.1. The maximum absolute atomic E-state index is 12.0. The Bertz CT molecular complexity index is 880. The summed E-state index contributed by atoms with van der Waals surface area (Å²) in [5.41, 5.74) is 9.62. The number of aromatic nitrogens is 1. The van der Waals surface area contributed by atoms with Gasteiger partial charge in [0.2, 0.25) is 0 Å². The van der Waals surface area contributed by atoms with Crippen molar-refractivity contribution in [2.24, 2.45) is 16.6 Å². The summed E-state index contributed by atoms with van der Waals surface area (Å²) >= 11 is 0. The molecule has 6 heteroatoms. The van der Waals surface area contributed by atoms with Crippen molar-refractivity contribution in [3.8, 4) is 5.75 Å². The Balaban J connectivity index is 0.00000450. The number of allylic oxidation sites excluding steroid dienone is 1. The molecule has 2 aromatic rings. The predicted octanol–water partition coefficient (Wildman–Crippen LogP) is 3.79. The van der Waals surface area contributed by atoms with Crippen molar-refractivity contribution in [1.29, 1.82) is 0 Å². The first-order valence-corrected chi connectivity index (χ1v) is 9.75. The standard InChI is InChI=1S/C23H30N4O2.H2/c1-16(2)15-29-21-9-8-17(3)11-19(21)14-26-18(4)12-22(24)27-23(28)13-20-7-5-6-10-25-20;/h5-12,16,26H,13-15H2,1-4H3,(H2,24,27,28);1H/b18-12-;. The first-order valence-electron chi connectivity index (χ1n) is 9.75. The van der Waals surface area contributed by atoms with Gasteiger partial charge in [0.15, 0.2) is 0 Å². The number of aryl methyl sites for hydroxylation is 1. The second-order valence-electron chi connectivity index (χ2n) is 7.43. The highest BCUT2D eigenvalue weighted by Gasteiger charge is 2.07.